The SMILES string of the molecule is CC(C)(C)CC(CNC(=O)c1cnc[nH]1)C(=O)O. The normalized spacial score (nSPS) is 13.1. The summed E-state index contributed by atoms with van der Waals surface area (Å²) in [5.41, 5.74) is 0.233. The number of aromatic amines is 1. The van der Waals surface area contributed by atoms with Crippen LogP contribution in [0.5, 0.6) is 0 Å². The predicted molar refractivity (Wildman–Crippen MR) is 66.1 cm³/mol. The van der Waals surface area contributed by atoms with Gasteiger partial charge in [-0.05, 0) is 11.8 Å². The number of carbonyl (C=O) groups excluding carboxylic acids is 1. The fourth-order valence-electron chi connectivity index (χ4n) is 1.68. The average Bonchev–Trinajstić information content (AvgIpc) is 2.75. The molecule has 0 bridgehead atoms. The third kappa shape index (κ3) is 4.57. The van der Waals surface area contributed by atoms with Crippen molar-refractivity contribution in [1.29, 1.82) is 0 Å². The zero-order valence-corrected chi connectivity index (χ0v) is 10.9. The minimum atomic E-state index is -0.894. The lowest BCUT2D eigenvalue weighted by Crippen LogP contribution is -2.35. The number of H-pyrrole nitrogens is 1. The second-order valence-corrected chi connectivity index (χ2v) is 5.48. The van der Waals surface area contributed by atoms with Crippen LogP contribution < -0.4 is 5.32 Å². The third-order valence-corrected chi connectivity index (χ3v) is 2.46. The highest BCUT2D eigenvalue weighted by Crippen LogP contribution is 2.24. The summed E-state index contributed by atoms with van der Waals surface area (Å²) in [5.74, 6) is -1.82. The first-order chi connectivity index (χ1) is 8.29. The minimum Gasteiger partial charge on any atom is -0.481 e. The van der Waals surface area contributed by atoms with Crippen molar-refractivity contribution in [2.75, 3.05) is 6.54 Å². The first kappa shape index (κ1) is 14.2. The third-order valence-electron chi connectivity index (χ3n) is 2.46. The van der Waals surface area contributed by atoms with E-state index in [0.29, 0.717) is 12.1 Å². The monoisotopic (exact) mass is 253 g/mol. The van der Waals surface area contributed by atoms with Crippen LogP contribution in [0.15, 0.2) is 12.5 Å². The Hall–Kier alpha value is -1.85. The highest BCUT2D eigenvalue weighted by atomic mass is 16.4. The quantitative estimate of drug-likeness (QED) is 0.736. The Labute approximate surface area is 106 Å². The lowest BCUT2D eigenvalue weighted by Gasteiger charge is -2.23. The molecule has 3 N–H and O–H groups in total. The van der Waals surface area contributed by atoms with Gasteiger partial charge in [-0.25, -0.2) is 4.98 Å². The number of amides is 1. The molecule has 1 heterocycles. The van der Waals surface area contributed by atoms with Crippen molar-refractivity contribution >= 4 is 11.9 Å². The molecule has 1 unspecified atom stereocenters. The van der Waals surface area contributed by atoms with Gasteiger partial charge < -0.3 is 15.4 Å². The van der Waals surface area contributed by atoms with Gasteiger partial charge in [0.1, 0.15) is 5.69 Å². The van der Waals surface area contributed by atoms with Crippen LogP contribution in [0.2, 0.25) is 0 Å². The number of nitrogens with one attached hydrogen (secondary N) is 2. The number of hydrogen-bond donors (Lipinski definition) is 3. The molecule has 1 rings (SSSR count). The minimum absolute atomic E-state index is 0.0955. The predicted octanol–water partition coefficient (Wildman–Crippen LogP) is 1.28. The fourth-order valence-corrected chi connectivity index (χ4v) is 1.68. The van der Waals surface area contributed by atoms with Gasteiger partial charge in [0.05, 0.1) is 18.4 Å². The van der Waals surface area contributed by atoms with Crippen LogP contribution in [0.1, 0.15) is 37.7 Å². The molecule has 100 valence electrons. The first-order valence-electron chi connectivity index (χ1n) is 5.79. The molecule has 18 heavy (non-hydrogen) atoms. The molecule has 0 spiro atoms. The van der Waals surface area contributed by atoms with Crippen molar-refractivity contribution in [3.8, 4) is 0 Å². The van der Waals surface area contributed by atoms with Crippen molar-refractivity contribution in [2.24, 2.45) is 11.3 Å². The van der Waals surface area contributed by atoms with Crippen LogP contribution >= 0.6 is 0 Å². The van der Waals surface area contributed by atoms with Crippen LogP contribution in [0.4, 0.5) is 0 Å². The summed E-state index contributed by atoms with van der Waals surface area (Å²) < 4.78 is 0. The average molecular weight is 253 g/mol. The molecule has 0 aliphatic heterocycles. The van der Waals surface area contributed by atoms with E-state index < -0.39 is 11.9 Å². The smallest absolute Gasteiger partial charge is 0.308 e. The molecule has 0 radical (unpaired) electrons. The highest BCUT2D eigenvalue weighted by molar-refractivity contribution is 5.92. The van der Waals surface area contributed by atoms with Gasteiger partial charge in [-0.1, -0.05) is 20.8 Å². The molecular weight excluding hydrogens is 234 g/mol. The van der Waals surface area contributed by atoms with Gasteiger partial charge in [0.25, 0.3) is 5.91 Å². The Bertz CT molecular complexity index is 407. The number of aliphatic carboxylic acids is 1. The molecule has 1 aromatic rings. The van der Waals surface area contributed by atoms with Crippen LogP contribution in [0.3, 0.4) is 0 Å². The van der Waals surface area contributed by atoms with E-state index in [4.69, 9.17) is 5.11 Å². The molecule has 0 saturated heterocycles. The lowest BCUT2D eigenvalue weighted by atomic mass is 9.84. The number of nitrogens with zero attached hydrogens (tertiary/aromatic N) is 1. The van der Waals surface area contributed by atoms with E-state index in [2.05, 4.69) is 15.3 Å². The largest absolute Gasteiger partial charge is 0.481 e. The van der Waals surface area contributed by atoms with Crippen LogP contribution in [-0.2, 0) is 4.79 Å². The van der Waals surface area contributed by atoms with Crippen LogP contribution in [0, 0.1) is 11.3 Å². The molecule has 0 aliphatic rings. The van der Waals surface area contributed by atoms with Crippen LogP contribution in [0.25, 0.3) is 0 Å². The standard InChI is InChI=1S/C12H19N3O3/c1-12(2,3)4-8(11(17)18)5-14-10(16)9-6-13-7-15-9/h6-8H,4-5H2,1-3H3,(H,13,15)(H,14,16)(H,17,18). The van der Waals surface area contributed by atoms with Crippen molar-refractivity contribution in [1.82, 2.24) is 15.3 Å². The maximum Gasteiger partial charge on any atom is 0.308 e. The van der Waals surface area contributed by atoms with Gasteiger partial charge >= 0.3 is 5.97 Å². The van der Waals surface area contributed by atoms with Crippen molar-refractivity contribution in [3.05, 3.63) is 18.2 Å². The van der Waals surface area contributed by atoms with E-state index in [1.807, 2.05) is 20.8 Å². The number of carbonyl (C=O) groups is 2. The number of imidazole rings is 1. The topological polar surface area (TPSA) is 95.1 Å². The molecule has 0 aliphatic carbocycles. The molecule has 1 amide bonds. The summed E-state index contributed by atoms with van der Waals surface area (Å²) in [7, 11) is 0. The first-order valence-corrected chi connectivity index (χ1v) is 5.79. The van der Waals surface area contributed by atoms with Gasteiger partial charge in [-0.2, -0.15) is 0 Å². The van der Waals surface area contributed by atoms with Crippen LogP contribution in [-0.4, -0.2) is 33.5 Å². The van der Waals surface area contributed by atoms with Gasteiger partial charge in [-0.3, -0.25) is 9.59 Å². The molecular formula is C12H19N3O3. The molecule has 0 saturated carbocycles. The maximum absolute atomic E-state index is 11.6. The van der Waals surface area contributed by atoms with Crippen molar-refractivity contribution in [2.45, 2.75) is 27.2 Å². The number of carboxylic acid groups (broad SMARTS) is 1. The lowest BCUT2D eigenvalue weighted by molar-refractivity contribution is -0.142. The number of carboxylic acids is 1. The molecule has 0 aromatic carbocycles. The summed E-state index contributed by atoms with van der Waals surface area (Å²) in [6.45, 7) is 6.03. The summed E-state index contributed by atoms with van der Waals surface area (Å²) in [6, 6.07) is 0. The zero-order valence-electron chi connectivity index (χ0n) is 10.9. The molecule has 6 nitrogen and oxygen atoms in total. The molecule has 0 fully saturated rings. The Kier molecular flexibility index (Phi) is 4.47. The van der Waals surface area contributed by atoms with Crippen molar-refractivity contribution in [3.63, 3.8) is 0 Å². The second-order valence-electron chi connectivity index (χ2n) is 5.48. The summed E-state index contributed by atoms with van der Waals surface area (Å²) >= 11 is 0. The van der Waals surface area contributed by atoms with E-state index in [0.717, 1.165) is 0 Å². The molecule has 1 atom stereocenters. The van der Waals surface area contributed by atoms with E-state index in [9.17, 15) is 9.59 Å². The fraction of sp³-hybridized carbons (Fsp3) is 0.583. The summed E-state index contributed by atoms with van der Waals surface area (Å²) in [6.07, 6.45) is 3.30. The van der Waals surface area contributed by atoms with E-state index in [1.54, 1.807) is 0 Å². The number of rotatable bonds is 5. The Morgan fingerprint density at radius 2 is 2.17 bits per heavy atom. The van der Waals surface area contributed by atoms with Gasteiger partial charge in [0.15, 0.2) is 0 Å². The Morgan fingerprint density at radius 3 is 2.61 bits per heavy atom. The molecule has 1 aromatic heterocycles. The van der Waals surface area contributed by atoms with E-state index >= 15 is 0 Å². The summed E-state index contributed by atoms with van der Waals surface area (Å²) in [5, 5.41) is 11.7. The number of hydrogen-bond acceptors (Lipinski definition) is 3. The number of aromatic nitrogens is 2. The zero-order chi connectivity index (χ0) is 13.8. The Balaban J connectivity index is 2.53. The maximum atomic E-state index is 11.6. The highest BCUT2D eigenvalue weighted by Gasteiger charge is 2.25. The van der Waals surface area contributed by atoms with Gasteiger partial charge in [0.2, 0.25) is 0 Å². The molecule has 6 heteroatoms. The second kappa shape index (κ2) is 5.66. The van der Waals surface area contributed by atoms with Gasteiger partial charge in [0, 0.05) is 6.54 Å². The Morgan fingerprint density at radius 1 is 1.50 bits per heavy atom. The summed E-state index contributed by atoms with van der Waals surface area (Å²) in [4.78, 5) is 29.1. The van der Waals surface area contributed by atoms with Gasteiger partial charge in [-0.15, -0.1) is 0 Å². The van der Waals surface area contributed by atoms with E-state index in [1.165, 1.54) is 12.5 Å². The van der Waals surface area contributed by atoms with E-state index in [-0.39, 0.29) is 17.9 Å². The van der Waals surface area contributed by atoms with Crippen molar-refractivity contribution < 1.29 is 14.7 Å².